The van der Waals surface area contributed by atoms with Crippen LogP contribution < -0.4 is 4.90 Å². The lowest BCUT2D eigenvalue weighted by Gasteiger charge is -2.23. The molecule has 2 aliphatic heterocycles. The van der Waals surface area contributed by atoms with Crippen LogP contribution in [0.5, 0.6) is 0 Å². The fourth-order valence-electron chi connectivity index (χ4n) is 5.59. The van der Waals surface area contributed by atoms with E-state index < -0.39 is 0 Å². The molecule has 2 heterocycles. The monoisotopic (exact) mass is 452 g/mol. The van der Waals surface area contributed by atoms with Crippen molar-refractivity contribution in [2.45, 2.75) is 51.4 Å². The molecule has 2 aromatic carbocycles. The van der Waals surface area contributed by atoms with Gasteiger partial charge >= 0.3 is 0 Å². The van der Waals surface area contributed by atoms with Crippen LogP contribution in [0.4, 0.5) is 11.4 Å². The zero-order chi connectivity index (χ0) is 24.5. The summed E-state index contributed by atoms with van der Waals surface area (Å²) < 4.78 is 2.33. The molecule has 0 atom stereocenters. The highest BCUT2D eigenvalue weighted by atomic mass is 15.2. The number of rotatable bonds is 7. The molecule has 2 aromatic rings. The van der Waals surface area contributed by atoms with E-state index >= 15 is 0 Å². The lowest BCUT2D eigenvalue weighted by Crippen LogP contribution is -2.26. The van der Waals surface area contributed by atoms with Gasteiger partial charge in [-0.25, -0.2) is 0 Å². The van der Waals surface area contributed by atoms with Crippen molar-refractivity contribution in [2.75, 3.05) is 25.5 Å². The van der Waals surface area contributed by atoms with Crippen LogP contribution in [0.3, 0.4) is 0 Å². The molecule has 0 aromatic heterocycles. The topological polar surface area (TPSA) is 18.6 Å². The minimum absolute atomic E-state index is 0.0244. The third kappa shape index (κ3) is 4.09. The Balaban J connectivity index is 1.68. The van der Waals surface area contributed by atoms with E-state index in [1.54, 1.807) is 0 Å². The molecule has 3 nitrogen and oxygen atoms in total. The maximum absolute atomic E-state index is 4.07. The lowest BCUT2D eigenvalue weighted by molar-refractivity contribution is -0.401. The normalized spacial score (nSPS) is 19.8. The van der Waals surface area contributed by atoms with Gasteiger partial charge in [-0.3, -0.25) is 0 Å². The van der Waals surface area contributed by atoms with Gasteiger partial charge in [0, 0.05) is 48.1 Å². The highest BCUT2D eigenvalue weighted by molar-refractivity contribution is 6.03. The van der Waals surface area contributed by atoms with Gasteiger partial charge in [0.15, 0.2) is 5.71 Å². The molecule has 0 amide bonds. The quantitative estimate of drug-likeness (QED) is 0.192. The summed E-state index contributed by atoms with van der Waals surface area (Å²) in [6.07, 6.45) is 11.2. The molecule has 0 N–H and O–H groups in total. The fourth-order valence-corrected chi connectivity index (χ4v) is 5.59. The molecule has 3 heteroatoms. The van der Waals surface area contributed by atoms with Crippen LogP contribution in [0.25, 0.3) is 0 Å². The van der Waals surface area contributed by atoms with Crippen molar-refractivity contribution < 1.29 is 4.58 Å². The van der Waals surface area contributed by atoms with E-state index in [0.29, 0.717) is 0 Å². The standard InChI is InChI=1S/C31H38N3/c1-30(2)24-14-8-10-16-26(24)33(6)28(30)20-18-23(13-12-22-32-5)19-21-29-31(3,4)25-15-9-11-17-27(25)34(29)7/h8-11,14-21H,5,12-13,22H2,1-4,6-7H3/q+1. The van der Waals surface area contributed by atoms with Gasteiger partial charge in [0.25, 0.3) is 0 Å². The summed E-state index contributed by atoms with van der Waals surface area (Å²) in [4.78, 5) is 6.40. The average molecular weight is 453 g/mol. The Kier molecular flexibility index (Phi) is 6.49. The predicted octanol–water partition coefficient (Wildman–Crippen LogP) is 6.97. The first-order chi connectivity index (χ1) is 16.2. The number of anilines is 1. The van der Waals surface area contributed by atoms with Crippen molar-refractivity contribution >= 4 is 23.8 Å². The first kappa shape index (κ1) is 23.9. The Morgan fingerprint density at radius 3 is 2.35 bits per heavy atom. The van der Waals surface area contributed by atoms with Gasteiger partial charge in [-0.1, -0.05) is 62.4 Å². The number of likely N-dealkylation sites (N-methyl/N-ethyl adjacent to an activating group) is 1. The number of fused-ring (bicyclic) bond motifs is 2. The van der Waals surface area contributed by atoms with Crippen LogP contribution in [0.15, 0.2) is 89.1 Å². The number of hydrogen-bond acceptors (Lipinski definition) is 2. The molecular formula is C31H38N3+. The van der Waals surface area contributed by atoms with Gasteiger partial charge < -0.3 is 9.89 Å². The maximum atomic E-state index is 4.07. The number of benzene rings is 2. The molecule has 0 fully saturated rings. The molecule has 0 spiro atoms. The Bertz CT molecular complexity index is 1220. The van der Waals surface area contributed by atoms with E-state index in [0.717, 1.165) is 19.4 Å². The van der Waals surface area contributed by atoms with Gasteiger partial charge in [0.2, 0.25) is 5.69 Å². The number of allylic oxidation sites excluding steroid dienone is 6. The lowest BCUT2D eigenvalue weighted by atomic mass is 9.81. The van der Waals surface area contributed by atoms with Crippen molar-refractivity contribution in [3.8, 4) is 0 Å². The molecule has 34 heavy (non-hydrogen) atoms. The van der Waals surface area contributed by atoms with E-state index in [-0.39, 0.29) is 10.8 Å². The molecule has 4 rings (SSSR count). The molecule has 0 saturated heterocycles. The van der Waals surface area contributed by atoms with Gasteiger partial charge in [0.1, 0.15) is 7.05 Å². The van der Waals surface area contributed by atoms with Crippen molar-refractivity contribution in [3.05, 3.63) is 95.2 Å². The van der Waals surface area contributed by atoms with Crippen molar-refractivity contribution in [1.29, 1.82) is 0 Å². The molecule has 0 unspecified atom stereocenters. The predicted molar refractivity (Wildman–Crippen MR) is 147 cm³/mol. The number of aliphatic imine (C=N–C) groups is 1. The number of nitrogens with zero attached hydrogens (tertiary/aromatic N) is 3. The summed E-state index contributed by atoms with van der Waals surface area (Å²) in [5.74, 6) is 0. The molecular weight excluding hydrogens is 414 g/mol. The van der Waals surface area contributed by atoms with E-state index in [4.69, 9.17) is 0 Å². The average Bonchev–Trinajstić information content (AvgIpc) is 3.14. The van der Waals surface area contributed by atoms with Gasteiger partial charge in [0.05, 0.1) is 5.41 Å². The molecule has 0 aliphatic carbocycles. The Morgan fingerprint density at radius 1 is 1.00 bits per heavy atom. The minimum atomic E-state index is -0.0244. The Labute approximate surface area is 205 Å². The zero-order valence-corrected chi connectivity index (χ0v) is 21.6. The fraction of sp³-hybridized carbons (Fsp3) is 0.355. The highest BCUT2D eigenvalue weighted by Gasteiger charge is 2.42. The number of para-hydroxylation sites is 2. The third-order valence-electron chi connectivity index (χ3n) is 7.57. The van der Waals surface area contributed by atoms with Crippen LogP contribution in [0.1, 0.15) is 51.7 Å². The smallest absolute Gasteiger partial charge is 0.209 e. The van der Waals surface area contributed by atoms with Crippen molar-refractivity contribution in [3.63, 3.8) is 0 Å². The van der Waals surface area contributed by atoms with E-state index in [2.05, 4.69) is 136 Å². The maximum Gasteiger partial charge on any atom is 0.209 e. The molecule has 176 valence electrons. The Hall–Kier alpha value is -3.20. The summed E-state index contributed by atoms with van der Waals surface area (Å²) in [5, 5.41) is 0. The van der Waals surface area contributed by atoms with Crippen LogP contribution in [-0.2, 0) is 10.8 Å². The van der Waals surface area contributed by atoms with E-state index in [1.165, 1.54) is 39.5 Å². The van der Waals surface area contributed by atoms with Crippen molar-refractivity contribution in [1.82, 2.24) is 0 Å². The zero-order valence-electron chi connectivity index (χ0n) is 21.6. The van der Waals surface area contributed by atoms with Crippen LogP contribution in [-0.4, -0.2) is 37.6 Å². The summed E-state index contributed by atoms with van der Waals surface area (Å²) in [6.45, 7) is 13.7. The summed E-state index contributed by atoms with van der Waals surface area (Å²) in [5.41, 5.74) is 9.25. The molecule has 0 radical (unpaired) electrons. The van der Waals surface area contributed by atoms with E-state index in [1.807, 2.05) is 0 Å². The highest BCUT2D eigenvalue weighted by Crippen LogP contribution is 2.46. The van der Waals surface area contributed by atoms with Crippen LogP contribution >= 0.6 is 0 Å². The summed E-state index contributed by atoms with van der Waals surface area (Å²) in [7, 11) is 4.35. The summed E-state index contributed by atoms with van der Waals surface area (Å²) >= 11 is 0. The molecule has 2 aliphatic rings. The second-order valence-electron chi connectivity index (χ2n) is 10.5. The number of hydrogen-bond donors (Lipinski definition) is 0. The largest absolute Gasteiger partial charge is 0.347 e. The van der Waals surface area contributed by atoms with Crippen molar-refractivity contribution in [2.24, 2.45) is 4.99 Å². The minimum Gasteiger partial charge on any atom is -0.347 e. The second kappa shape index (κ2) is 9.21. The van der Waals surface area contributed by atoms with Crippen LogP contribution in [0.2, 0.25) is 0 Å². The first-order valence-corrected chi connectivity index (χ1v) is 12.3. The first-order valence-electron chi connectivity index (χ1n) is 12.3. The Morgan fingerprint density at radius 2 is 1.68 bits per heavy atom. The molecule has 0 saturated carbocycles. The molecule has 0 bridgehead atoms. The van der Waals surface area contributed by atoms with Gasteiger partial charge in [-0.2, -0.15) is 4.58 Å². The van der Waals surface area contributed by atoms with E-state index in [9.17, 15) is 0 Å². The van der Waals surface area contributed by atoms with Gasteiger partial charge in [-0.05, 0) is 56.7 Å². The SMILES string of the molecule is C=NCCCC(/C=C/C1=[N+](C)c2ccccc2C1(C)C)=C\C=C1\N(C)c2ccccc2C1(C)C. The van der Waals surface area contributed by atoms with Gasteiger partial charge in [-0.15, -0.1) is 0 Å². The second-order valence-corrected chi connectivity index (χ2v) is 10.5. The third-order valence-corrected chi connectivity index (χ3v) is 7.57. The summed E-state index contributed by atoms with van der Waals surface area (Å²) in [6, 6.07) is 17.4. The van der Waals surface area contributed by atoms with Crippen LogP contribution in [0, 0.1) is 0 Å².